The highest BCUT2D eigenvalue weighted by Gasteiger charge is 2.21. The van der Waals surface area contributed by atoms with Crippen LogP contribution in [0.3, 0.4) is 0 Å². The topological polar surface area (TPSA) is 126 Å². The summed E-state index contributed by atoms with van der Waals surface area (Å²) in [5.41, 5.74) is 12.6. The molecule has 0 bridgehead atoms. The molecule has 0 radical (unpaired) electrons. The van der Waals surface area contributed by atoms with Gasteiger partial charge in [0.2, 0.25) is 0 Å². The molecular formula is C29H25N7O2S. The summed E-state index contributed by atoms with van der Waals surface area (Å²) in [6, 6.07) is 16.0. The Balaban J connectivity index is 1.40. The fourth-order valence-corrected chi connectivity index (χ4v) is 5.91. The zero-order valence-corrected chi connectivity index (χ0v) is 21.8. The lowest BCUT2D eigenvalue weighted by molar-refractivity contribution is 0.0342. The average molecular weight is 536 g/mol. The summed E-state index contributed by atoms with van der Waals surface area (Å²) in [5.74, 6) is 0.498. The summed E-state index contributed by atoms with van der Waals surface area (Å²) >= 11 is 1.50. The van der Waals surface area contributed by atoms with Crippen LogP contribution in [0.4, 0.5) is 5.69 Å². The van der Waals surface area contributed by atoms with Crippen LogP contribution in [0.1, 0.15) is 5.56 Å². The third kappa shape index (κ3) is 4.28. The Morgan fingerprint density at radius 1 is 1.05 bits per heavy atom. The molecule has 0 saturated carbocycles. The summed E-state index contributed by atoms with van der Waals surface area (Å²) in [5, 5.41) is 11.2. The van der Waals surface area contributed by atoms with Gasteiger partial charge in [0.15, 0.2) is 0 Å². The van der Waals surface area contributed by atoms with Crippen LogP contribution in [-0.2, 0) is 11.3 Å². The molecule has 0 spiro atoms. The van der Waals surface area contributed by atoms with Gasteiger partial charge < -0.3 is 15.5 Å². The molecule has 1 aliphatic rings. The van der Waals surface area contributed by atoms with E-state index in [2.05, 4.69) is 37.2 Å². The van der Waals surface area contributed by atoms with E-state index in [1.807, 2.05) is 41.8 Å². The fourth-order valence-electron chi connectivity index (χ4n) is 5.26. The Morgan fingerprint density at radius 2 is 1.92 bits per heavy atom. The maximum atomic E-state index is 13.7. The number of H-pyrrole nitrogens is 2. The molecule has 10 heteroatoms. The maximum absolute atomic E-state index is 13.7. The smallest absolute Gasteiger partial charge is 0.261 e. The number of nitrogen functional groups attached to an aromatic ring is 1. The fraction of sp³-hybridized carbons (Fsp3) is 0.172. The summed E-state index contributed by atoms with van der Waals surface area (Å²) in [6.45, 7) is 4.12. The number of aromatic amines is 2. The second-order valence-electron chi connectivity index (χ2n) is 9.59. The Labute approximate surface area is 227 Å². The van der Waals surface area contributed by atoms with E-state index in [-0.39, 0.29) is 5.56 Å². The molecule has 0 unspecified atom stereocenters. The molecule has 0 aliphatic carbocycles. The molecule has 0 atom stereocenters. The largest absolute Gasteiger partial charge is 0.398 e. The molecule has 3 aromatic carbocycles. The van der Waals surface area contributed by atoms with Gasteiger partial charge in [-0.3, -0.25) is 14.8 Å². The molecule has 194 valence electrons. The molecule has 39 heavy (non-hydrogen) atoms. The number of benzene rings is 3. The van der Waals surface area contributed by atoms with Crippen molar-refractivity contribution in [3.8, 4) is 33.1 Å². The zero-order chi connectivity index (χ0) is 26.3. The normalized spacial score (nSPS) is 14.4. The Hall–Kier alpha value is -4.38. The highest BCUT2D eigenvalue weighted by Crippen LogP contribution is 2.40. The van der Waals surface area contributed by atoms with E-state index in [1.54, 1.807) is 12.4 Å². The number of morpholine rings is 1. The lowest BCUT2D eigenvalue weighted by atomic mass is 9.95. The molecule has 1 aliphatic heterocycles. The Morgan fingerprint density at radius 3 is 2.77 bits per heavy atom. The van der Waals surface area contributed by atoms with Crippen molar-refractivity contribution in [2.45, 2.75) is 6.54 Å². The van der Waals surface area contributed by atoms with E-state index in [0.29, 0.717) is 22.4 Å². The lowest BCUT2D eigenvalue weighted by Gasteiger charge is -2.26. The standard InChI is InChI=1S/C29H25N7O2S/c30-25-20(19-5-2-6-23-22(19)15-32-35-23)14-21(29-31-7-12-39-29)26-24(25)28(37)34-27(33-26)18-4-1-3-17(13-18)16-36-8-10-38-11-9-36/h1-7,12-15H,8-11,16,30H2,(H,32,35)(H,33,34,37). The molecular weight excluding hydrogens is 510 g/mol. The summed E-state index contributed by atoms with van der Waals surface area (Å²) < 4.78 is 5.48. The first-order chi connectivity index (χ1) is 19.2. The minimum Gasteiger partial charge on any atom is -0.398 e. The van der Waals surface area contributed by atoms with E-state index in [0.717, 1.165) is 76.6 Å². The molecule has 1 saturated heterocycles. The van der Waals surface area contributed by atoms with E-state index >= 15 is 0 Å². The van der Waals surface area contributed by atoms with Crippen molar-refractivity contribution in [1.29, 1.82) is 0 Å². The Bertz CT molecular complexity index is 1870. The van der Waals surface area contributed by atoms with E-state index < -0.39 is 0 Å². The number of hydrogen-bond donors (Lipinski definition) is 3. The molecule has 0 amide bonds. The number of nitrogens with two attached hydrogens (primary N) is 1. The minimum absolute atomic E-state index is 0.287. The third-order valence-corrected chi connectivity index (χ3v) is 7.98. The van der Waals surface area contributed by atoms with Gasteiger partial charge in [0.05, 0.1) is 41.5 Å². The monoisotopic (exact) mass is 535 g/mol. The predicted octanol–water partition coefficient (Wildman–Crippen LogP) is 4.67. The van der Waals surface area contributed by atoms with Crippen LogP contribution in [0.15, 0.2) is 71.1 Å². The van der Waals surface area contributed by atoms with Gasteiger partial charge in [-0.15, -0.1) is 11.3 Å². The predicted molar refractivity (Wildman–Crippen MR) is 155 cm³/mol. The van der Waals surface area contributed by atoms with Crippen LogP contribution in [0.25, 0.3) is 54.9 Å². The molecule has 3 aromatic heterocycles. The van der Waals surface area contributed by atoms with Gasteiger partial charge in [-0.05, 0) is 29.3 Å². The molecule has 7 rings (SSSR count). The lowest BCUT2D eigenvalue weighted by Crippen LogP contribution is -2.35. The number of thiazole rings is 1. The molecule has 9 nitrogen and oxygen atoms in total. The van der Waals surface area contributed by atoms with Crippen molar-refractivity contribution in [3.05, 3.63) is 82.2 Å². The van der Waals surface area contributed by atoms with Gasteiger partial charge in [-0.1, -0.05) is 30.3 Å². The van der Waals surface area contributed by atoms with Crippen molar-refractivity contribution in [2.24, 2.45) is 0 Å². The maximum Gasteiger partial charge on any atom is 0.261 e. The number of hydrogen-bond acceptors (Lipinski definition) is 8. The first kappa shape index (κ1) is 23.7. The van der Waals surface area contributed by atoms with E-state index in [1.165, 1.54) is 11.3 Å². The number of nitrogens with zero attached hydrogens (tertiary/aromatic N) is 4. The van der Waals surface area contributed by atoms with Crippen LogP contribution in [0.2, 0.25) is 0 Å². The van der Waals surface area contributed by atoms with E-state index in [9.17, 15) is 4.79 Å². The van der Waals surface area contributed by atoms with Gasteiger partial charge in [0.25, 0.3) is 5.56 Å². The average Bonchev–Trinajstić information content (AvgIpc) is 3.67. The highest BCUT2D eigenvalue weighted by molar-refractivity contribution is 7.13. The van der Waals surface area contributed by atoms with Crippen LogP contribution < -0.4 is 11.3 Å². The molecule has 1 fully saturated rings. The molecule has 6 aromatic rings. The van der Waals surface area contributed by atoms with Crippen molar-refractivity contribution >= 4 is 38.8 Å². The van der Waals surface area contributed by atoms with E-state index in [4.69, 9.17) is 15.5 Å². The van der Waals surface area contributed by atoms with Crippen molar-refractivity contribution < 1.29 is 4.74 Å². The zero-order valence-electron chi connectivity index (χ0n) is 21.0. The number of rotatable bonds is 5. The number of aromatic nitrogens is 5. The van der Waals surface area contributed by atoms with Crippen LogP contribution in [0.5, 0.6) is 0 Å². The molecule has 4 N–H and O–H groups in total. The quantitative estimate of drug-likeness (QED) is 0.274. The van der Waals surface area contributed by atoms with Gasteiger partial charge in [-0.25, -0.2) is 9.97 Å². The van der Waals surface area contributed by atoms with Gasteiger partial charge in [-0.2, -0.15) is 5.10 Å². The summed E-state index contributed by atoms with van der Waals surface area (Å²) in [7, 11) is 0. The van der Waals surface area contributed by atoms with Crippen molar-refractivity contribution in [1.82, 2.24) is 30.0 Å². The third-order valence-electron chi connectivity index (χ3n) is 7.17. The summed E-state index contributed by atoms with van der Waals surface area (Å²) in [4.78, 5) is 28.6. The first-order valence-electron chi connectivity index (χ1n) is 12.7. The second-order valence-corrected chi connectivity index (χ2v) is 10.5. The van der Waals surface area contributed by atoms with Gasteiger partial charge in [0.1, 0.15) is 10.8 Å². The molecule has 4 heterocycles. The van der Waals surface area contributed by atoms with Crippen LogP contribution in [-0.4, -0.2) is 56.4 Å². The highest BCUT2D eigenvalue weighted by atomic mass is 32.1. The van der Waals surface area contributed by atoms with Crippen LogP contribution >= 0.6 is 11.3 Å². The number of nitrogens with one attached hydrogen (secondary N) is 2. The van der Waals surface area contributed by atoms with Crippen molar-refractivity contribution in [2.75, 3.05) is 32.0 Å². The van der Waals surface area contributed by atoms with Gasteiger partial charge in [0, 0.05) is 53.3 Å². The summed E-state index contributed by atoms with van der Waals surface area (Å²) in [6.07, 6.45) is 3.52. The van der Waals surface area contributed by atoms with Crippen LogP contribution in [0, 0.1) is 0 Å². The van der Waals surface area contributed by atoms with Gasteiger partial charge >= 0.3 is 0 Å². The first-order valence-corrected chi connectivity index (χ1v) is 13.6. The second kappa shape index (κ2) is 9.73. The Kier molecular flexibility index (Phi) is 5.92. The number of anilines is 1. The van der Waals surface area contributed by atoms with Crippen molar-refractivity contribution in [3.63, 3.8) is 0 Å². The SMILES string of the molecule is Nc1c(-c2cccc3[nH]ncc23)cc(-c2nccs2)c2nc(-c3cccc(CN4CCOCC4)c3)[nH]c(=O)c12. The number of ether oxygens (including phenoxy) is 1. The number of fused-ring (bicyclic) bond motifs is 2. The minimum atomic E-state index is -0.287.